The molecule has 112 valence electrons. The Morgan fingerprint density at radius 2 is 2.05 bits per heavy atom. The Labute approximate surface area is 128 Å². The highest BCUT2D eigenvalue weighted by Gasteiger charge is 2.10. The Kier molecular flexibility index (Phi) is 5.44. The van der Waals surface area contributed by atoms with Gasteiger partial charge in [0.15, 0.2) is 5.13 Å². The molecule has 1 aromatic heterocycles. The van der Waals surface area contributed by atoms with Crippen LogP contribution >= 0.6 is 11.3 Å². The van der Waals surface area contributed by atoms with Gasteiger partial charge in [-0.3, -0.25) is 4.79 Å². The maximum atomic E-state index is 12.9. The second-order valence-corrected chi connectivity index (χ2v) is 6.07. The highest BCUT2D eigenvalue weighted by Crippen LogP contribution is 2.25. The Morgan fingerprint density at radius 1 is 1.33 bits per heavy atom. The highest BCUT2D eigenvalue weighted by molar-refractivity contribution is 7.15. The van der Waals surface area contributed by atoms with Gasteiger partial charge in [0.2, 0.25) is 5.91 Å². The van der Waals surface area contributed by atoms with Crippen molar-refractivity contribution in [3.63, 3.8) is 0 Å². The summed E-state index contributed by atoms with van der Waals surface area (Å²) in [5.41, 5.74) is 1.95. The number of carbonyl (C=O) groups excluding carboxylic acids is 1. The van der Waals surface area contributed by atoms with Crippen LogP contribution in [-0.2, 0) is 11.2 Å². The van der Waals surface area contributed by atoms with E-state index in [0.29, 0.717) is 18.0 Å². The fourth-order valence-electron chi connectivity index (χ4n) is 1.95. The number of aryl methyl sites for hydroxylation is 1. The van der Waals surface area contributed by atoms with Crippen molar-refractivity contribution in [2.24, 2.45) is 0 Å². The standard InChI is InChI=1S/C16H19FN2OS/c1-3-4-5-15(20)19-16-18-11(2)14(21-16)10-12-6-8-13(17)9-7-12/h6-9H,3-5,10H2,1-2H3,(H,18,19,20). The van der Waals surface area contributed by atoms with Crippen molar-refractivity contribution < 1.29 is 9.18 Å². The van der Waals surface area contributed by atoms with Crippen LogP contribution in [0, 0.1) is 12.7 Å². The van der Waals surface area contributed by atoms with Crippen molar-refractivity contribution >= 4 is 22.4 Å². The molecule has 0 aliphatic heterocycles. The lowest BCUT2D eigenvalue weighted by atomic mass is 10.1. The molecule has 21 heavy (non-hydrogen) atoms. The number of carbonyl (C=O) groups is 1. The van der Waals surface area contributed by atoms with E-state index in [-0.39, 0.29) is 11.7 Å². The summed E-state index contributed by atoms with van der Waals surface area (Å²) >= 11 is 1.48. The first-order valence-electron chi connectivity index (χ1n) is 7.09. The van der Waals surface area contributed by atoms with E-state index in [1.807, 2.05) is 6.92 Å². The first-order valence-corrected chi connectivity index (χ1v) is 7.90. The van der Waals surface area contributed by atoms with Gasteiger partial charge in [0.1, 0.15) is 5.82 Å². The maximum absolute atomic E-state index is 12.9. The molecular weight excluding hydrogens is 287 g/mol. The Balaban J connectivity index is 2.01. The number of anilines is 1. The number of amides is 1. The van der Waals surface area contributed by atoms with E-state index in [1.165, 1.54) is 23.5 Å². The van der Waals surface area contributed by atoms with Crippen LogP contribution in [0.4, 0.5) is 9.52 Å². The van der Waals surface area contributed by atoms with Crippen LogP contribution in [0.2, 0.25) is 0 Å². The number of hydrogen-bond acceptors (Lipinski definition) is 3. The van der Waals surface area contributed by atoms with Crippen LogP contribution in [0.1, 0.15) is 42.3 Å². The van der Waals surface area contributed by atoms with E-state index in [1.54, 1.807) is 12.1 Å². The molecule has 0 saturated carbocycles. The number of nitrogens with zero attached hydrogens (tertiary/aromatic N) is 1. The van der Waals surface area contributed by atoms with E-state index in [4.69, 9.17) is 0 Å². The minimum absolute atomic E-state index is 0.0129. The second kappa shape index (κ2) is 7.31. The minimum Gasteiger partial charge on any atom is -0.302 e. The normalized spacial score (nSPS) is 10.6. The van der Waals surface area contributed by atoms with Crippen LogP contribution in [-0.4, -0.2) is 10.9 Å². The van der Waals surface area contributed by atoms with Crippen molar-refractivity contribution in [1.82, 2.24) is 4.98 Å². The summed E-state index contributed by atoms with van der Waals surface area (Å²) in [6.07, 6.45) is 3.12. The summed E-state index contributed by atoms with van der Waals surface area (Å²) in [7, 11) is 0. The van der Waals surface area contributed by atoms with Crippen molar-refractivity contribution in [3.05, 3.63) is 46.2 Å². The van der Waals surface area contributed by atoms with Gasteiger partial charge in [-0.25, -0.2) is 9.37 Å². The third-order valence-electron chi connectivity index (χ3n) is 3.17. The number of aromatic nitrogens is 1. The molecule has 3 nitrogen and oxygen atoms in total. The van der Waals surface area contributed by atoms with Gasteiger partial charge in [-0.15, -0.1) is 11.3 Å². The second-order valence-electron chi connectivity index (χ2n) is 4.98. The van der Waals surface area contributed by atoms with Gasteiger partial charge in [-0.2, -0.15) is 0 Å². The van der Waals surface area contributed by atoms with Crippen molar-refractivity contribution in [1.29, 1.82) is 0 Å². The fourth-order valence-corrected chi connectivity index (χ4v) is 2.97. The molecule has 0 atom stereocenters. The summed E-state index contributed by atoms with van der Waals surface area (Å²) in [5, 5.41) is 3.49. The zero-order valence-electron chi connectivity index (χ0n) is 12.3. The molecule has 0 fully saturated rings. The third kappa shape index (κ3) is 4.63. The van der Waals surface area contributed by atoms with Crippen LogP contribution in [0.25, 0.3) is 0 Å². The molecule has 0 unspecified atom stereocenters. The molecule has 2 rings (SSSR count). The lowest BCUT2D eigenvalue weighted by molar-refractivity contribution is -0.116. The lowest BCUT2D eigenvalue weighted by Crippen LogP contribution is -2.10. The van der Waals surface area contributed by atoms with Crippen LogP contribution < -0.4 is 5.32 Å². The van der Waals surface area contributed by atoms with Gasteiger partial charge < -0.3 is 5.32 Å². The number of nitrogens with one attached hydrogen (secondary N) is 1. The summed E-state index contributed by atoms with van der Waals surface area (Å²) < 4.78 is 12.9. The molecule has 2 aromatic rings. The Bertz CT molecular complexity index is 607. The molecule has 5 heteroatoms. The molecule has 0 bridgehead atoms. The molecular formula is C16H19FN2OS. The molecule has 0 aliphatic rings. The average Bonchev–Trinajstić information content (AvgIpc) is 2.79. The minimum atomic E-state index is -0.233. The van der Waals surface area contributed by atoms with Crippen LogP contribution in [0.3, 0.4) is 0 Å². The average molecular weight is 306 g/mol. The van der Waals surface area contributed by atoms with Crippen molar-refractivity contribution in [3.8, 4) is 0 Å². The van der Waals surface area contributed by atoms with Crippen molar-refractivity contribution in [2.75, 3.05) is 5.32 Å². The molecule has 1 amide bonds. The predicted molar refractivity (Wildman–Crippen MR) is 84.2 cm³/mol. The number of thiazole rings is 1. The first-order chi connectivity index (χ1) is 10.1. The zero-order valence-corrected chi connectivity index (χ0v) is 13.1. The zero-order chi connectivity index (χ0) is 15.2. The van der Waals surface area contributed by atoms with E-state index in [2.05, 4.69) is 17.2 Å². The fraction of sp³-hybridized carbons (Fsp3) is 0.375. The maximum Gasteiger partial charge on any atom is 0.226 e. The van der Waals surface area contributed by atoms with E-state index < -0.39 is 0 Å². The molecule has 1 aromatic carbocycles. The highest BCUT2D eigenvalue weighted by atomic mass is 32.1. The summed E-state index contributed by atoms with van der Waals surface area (Å²) in [6.45, 7) is 3.98. The molecule has 1 N–H and O–H groups in total. The van der Waals surface area contributed by atoms with Gasteiger partial charge in [0.05, 0.1) is 5.69 Å². The van der Waals surface area contributed by atoms with E-state index in [0.717, 1.165) is 29.0 Å². The van der Waals surface area contributed by atoms with Gasteiger partial charge in [0.25, 0.3) is 0 Å². The molecule has 0 radical (unpaired) electrons. The number of rotatable bonds is 6. The van der Waals surface area contributed by atoms with Crippen molar-refractivity contribution in [2.45, 2.75) is 39.5 Å². The monoisotopic (exact) mass is 306 g/mol. The number of unbranched alkanes of at least 4 members (excludes halogenated alkanes) is 1. The SMILES string of the molecule is CCCCC(=O)Nc1nc(C)c(Cc2ccc(F)cc2)s1. The quantitative estimate of drug-likeness (QED) is 0.864. The first kappa shape index (κ1) is 15.6. The molecule has 0 spiro atoms. The molecule has 0 saturated heterocycles. The van der Waals surface area contributed by atoms with Crippen LogP contribution in [0.5, 0.6) is 0 Å². The molecule has 0 aliphatic carbocycles. The summed E-state index contributed by atoms with van der Waals surface area (Å²) in [4.78, 5) is 17.2. The predicted octanol–water partition coefficient (Wildman–Crippen LogP) is 4.31. The lowest BCUT2D eigenvalue weighted by Gasteiger charge is -2.00. The third-order valence-corrected chi connectivity index (χ3v) is 4.25. The number of hydrogen-bond donors (Lipinski definition) is 1. The van der Waals surface area contributed by atoms with Gasteiger partial charge in [-0.1, -0.05) is 25.5 Å². The molecule has 1 heterocycles. The topological polar surface area (TPSA) is 42.0 Å². The van der Waals surface area contributed by atoms with E-state index >= 15 is 0 Å². The Hall–Kier alpha value is -1.75. The smallest absolute Gasteiger partial charge is 0.226 e. The van der Waals surface area contributed by atoms with Crippen LogP contribution in [0.15, 0.2) is 24.3 Å². The largest absolute Gasteiger partial charge is 0.302 e. The summed E-state index contributed by atoms with van der Waals surface area (Å²) in [5.74, 6) is -0.220. The van der Waals surface area contributed by atoms with Gasteiger partial charge in [-0.05, 0) is 31.0 Å². The van der Waals surface area contributed by atoms with Gasteiger partial charge >= 0.3 is 0 Å². The number of benzene rings is 1. The summed E-state index contributed by atoms with van der Waals surface area (Å²) in [6, 6.07) is 6.46. The van der Waals surface area contributed by atoms with E-state index in [9.17, 15) is 9.18 Å². The number of halogens is 1. The van der Waals surface area contributed by atoms with Gasteiger partial charge in [0, 0.05) is 17.7 Å². The Morgan fingerprint density at radius 3 is 2.71 bits per heavy atom.